The Balaban J connectivity index is 1.32. The first-order valence-electron chi connectivity index (χ1n) is 17.6. The maximum atomic E-state index is 13.9. The molecule has 5 aliphatic rings. The third kappa shape index (κ3) is 7.07. The van der Waals surface area contributed by atoms with Gasteiger partial charge in [0.05, 0.1) is 34.8 Å². The number of carbonyl (C=O) groups is 1. The van der Waals surface area contributed by atoms with E-state index in [9.17, 15) is 18.3 Å². The molecule has 50 heavy (non-hydrogen) atoms. The van der Waals surface area contributed by atoms with E-state index in [4.69, 9.17) is 25.8 Å². The second-order valence-electron chi connectivity index (χ2n) is 14.5. The van der Waals surface area contributed by atoms with Crippen LogP contribution < -0.4 is 14.4 Å². The summed E-state index contributed by atoms with van der Waals surface area (Å²) in [5, 5.41) is 12.5. The van der Waals surface area contributed by atoms with Gasteiger partial charge >= 0.3 is 0 Å². The number of amides is 1. The number of hydrogen-bond acceptors (Lipinski definition) is 10. The van der Waals surface area contributed by atoms with Crippen LogP contribution in [-0.2, 0) is 31.3 Å². The fourth-order valence-corrected chi connectivity index (χ4v) is 13.5. The van der Waals surface area contributed by atoms with E-state index in [2.05, 4.69) is 21.8 Å². The molecule has 2 saturated heterocycles. The molecule has 0 saturated carbocycles. The molecule has 4 aliphatic heterocycles. The molecule has 2 N–H and O–H groups in total. The molecule has 7 rings (SSSR count). The van der Waals surface area contributed by atoms with E-state index in [0.29, 0.717) is 49.2 Å². The van der Waals surface area contributed by atoms with Crippen LogP contribution in [0.15, 0.2) is 48.6 Å². The maximum Gasteiger partial charge on any atom is 0.264 e. The van der Waals surface area contributed by atoms with Gasteiger partial charge in [-0.25, -0.2) is 13.1 Å². The molecule has 0 aromatic heterocycles. The zero-order chi connectivity index (χ0) is 35.1. The molecule has 0 radical (unpaired) electrons. The fraction of sp³-hybridized carbons (Fsp3) is 0.595. The summed E-state index contributed by atoms with van der Waals surface area (Å²) in [7, 11) is -2.55. The van der Waals surface area contributed by atoms with Gasteiger partial charge in [0.2, 0.25) is 10.0 Å². The van der Waals surface area contributed by atoms with E-state index in [-0.39, 0.29) is 46.5 Å². The minimum Gasteiger partial charge on any atom is -0.490 e. The number of hydrogen-bond donors (Lipinski definition) is 2. The highest BCUT2D eigenvalue weighted by Gasteiger charge is 2.53. The van der Waals surface area contributed by atoms with E-state index in [0.717, 1.165) is 37.2 Å². The lowest BCUT2D eigenvalue weighted by molar-refractivity contribution is -0.173. The molecular formula is C37H47ClN2O7S3. The normalized spacial score (nSPS) is 33.6. The van der Waals surface area contributed by atoms with Crippen molar-refractivity contribution in [3.05, 3.63) is 70.3 Å². The molecule has 2 bridgehead atoms. The van der Waals surface area contributed by atoms with Gasteiger partial charge in [-0.15, -0.1) is 23.5 Å². The smallest absolute Gasteiger partial charge is 0.264 e. The Morgan fingerprint density at radius 2 is 1.98 bits per heavy atom. The number of rotatable bonds is 4. The molecular weight excluding hydrogens is 716 g/mol. The molecule has 2 aromatic rings. The maximum absolute atomic E-state index is 13.9. The molecule has 1 amide bonds. The van der Waals surface area contributed by atoms with Gasteiger partial charge in [0.25, 0.3) is 5.91 Å². The van der Waals surface area contributed by atoms with Crippen LogP contribution in [0.1, 0.15) is 60.5 Å². The minimum atomic E-state index is -4.09. The summed E-state index contributed by atoms with van der Waals surface area (Å²) in [6.07, 6.45) is 8.17. The molecule has 13 heteroatoms. The first-order valence-corrected chi connectivity index (χ1v) is 21.7. The Hall–Kier alpha value is -1.93. The molecule has 0 unspecified atom stereocenters. The summed E-state index contributed by atoms with van der Waals surface area (Å²) in [5.74, 6) is 1.38. The van der Waals surface area contributed by atoms with Gasteiger partial charge in [-0.3, -0.25) is 4.79 Å². The van der Waals surface area contributed by atoms with Crippen LogP contribution in [-0.4, -0.2) is 92.5 Å². The molecule has 9 nitrogen and oxygen atoms in total. The van der Waals surface area contributed by atoms with Crippen LogP contribution in [0.3, 0.4) is 0 Å². The molecule has 6 atom stereocenters. The zero-order valence-electron chi connectivity index (χ0n) is 28.6. The predicted molar refractivity (Wildman–Crippen MR) is 201 cm³/mol. The van der Waals surface area contributed by atoms with Crippen molar-refractivity contribution in [1.82, 2.24) is 4.72 Å². The number of halogens is 1. The molecule has 4 heterocycles. The highest BCUT2D eigenvalue weighted by Crippen LogP contribution is 2.49. The molecule has 2 aromatic carbocycles. The Bertz CT molecular complexity index is 1720. The summed E-state index contributed by atoms with van der Waals surface area (Å²) in [6, 6.07) is 11.3. The number of thioether (sulfide) groups is 2. The van der Waals surface area contributed by atoms with Gasteiger partial charge in [0.1, 0.15) is 11.4 Å². The highest BCUT2D eigenvalue weighted by atomic mass is 35.5. The number of anilines is 1. The van der Waals surface area contributed by atoms with Crippen LogP contribution in [0.2, 0.25) is 5.02 Å². The molecule has 1 spiro atoms. The fourth-order valence-electron chi connectivity index (χ4n) is 8.41. The topological polar surface area (TPSA) is 114 Å². The average Bonchev–Trinajstić information content (AvgIpc) is 3.23. The van der Waals surface area contributed by atoms with Crippen LogP contribution >= 0.6 is 35.1 Å². The van der Waals surface area contributed by atoms with Gasteiger partial charge in [0.15, 0.2) is 0 Å². The number of ether oxygens (including phenoxy) is 3. The van der Waals surface area contributed by atoms with Gasteiger partial charge in [-0.05, 0) is 97.4 Å². The Kier molecular flexibility index (Phi) is 10.8. The summed E-state index contributed by atoms with van der Waals surface area (Å²) in [4.78, 5) is 16.0. The van der Waals surface area contributed by atoms with Crippen molar-refractivity contribution < 1.29 is 32.5 Å². The number of sulfonamides is 1. The number of nitrogens with zero attached hydrogens (tertiary/aromatic N) is 1. The van der Waals surface area contributed by atoms with Gasteiger partial charge in [-0.1, -0.05) is 36.7 Å². The van der Waals surface area contributed by atoms with Crippen LogP contribution in [0.4, 0.5) is 5.69 Å². The average molecular weight is 763 g/mol. The predicted octanol–water partition coefficient (Wildman–Crippen LogP) is 5.82. The Morgan fingerprint density at radius 1 is 1.16 bits per heavy atom. The van der Waals surface area contributed by atoms with E-state index in [1.165, 1.54) is 18.2 Å². The van der Waals surface area contributed by atoms with E-state index < -0.39 is 26.8 Å². The first kappa shape index (κ1) is 36.4. The van der Waals surface area contributed by atoms with Crippen molar-refractivity contribution in [2.45, 2.75) is 72.4 Å². The number of fused-ring (bicyclic) bond motifs is 4. The van der Waals surface area contributed by atoms with Crippen LogP contribution in [0.5, 0.6) is 5.75 Å². The Morgan fingerprint density at radius 3 is 2.74 bits per heavy atom. The minimum absolute atomic E-state index is 0.0712. The standard InChI is InChI=1S/C37H47ClN2O7S3/c1-24-6-3-14-37(42,35-48-16-5-17-49-35)29-21-46-32(29)20-40-22-36(13-4-7-25-18-27(38)9-10-28(25)36)23-47-31-11-8-26(19-30(31)40)34(41)39-50(43,44)33(24)12-15-45-2/h3,8-11,14,18-19,24,29,32-33,35,42H,4-7,12-13,15-17,20-23H2,1-2H3,(H,39,41)/b14-3+/t24-,29+,32-,33+,36-,37+/m0/s1. The van der Waals surface area contributed by atoms with E-state index >= 15 is 0 Å². The lowest BCUT2D eigenvalue weighted by Gasteiger charge is -2.51. The SMILES string of the molecule is COCC[C@@H]1[C@@H](C)C/C=C/[C@](O)(C2SCCCS2)[C@@H]2CO[C@H]2CN2C[C@@]3(CCCc4cc(Cl)ccc43)COc3ccc(cc32)C(=O)NS1(=O)=O. The molecule has 272 valence electrons. The Labute approximate surface area is 309 Å². The summed E-state index contributed by atoms with van der Waals surface area (Å²) < 4.78 is 48.3. The second kappa shape index (κ2) is 14.8. The quantitative estimate of drug-likeness (QED) is 0.370. The molecule has 1 aliphatic carbocycles. The third-order valence-electron chi connectivity index (χ3n) is 11.2. The van der Waals surface area contributed by atoms with Crippen molar-refractivity contribution in [2.75, 3.05) is 56.4 Å². The van der Waals surface area contributed by atoms with E-state index in [1.807, 2.05) is 25.1 Å². The van der Waals surface area contributed by atoms with Crippen molar-refractivity contribution >= 4 is 56.7 Å². The van der Waals surface area contributed by atoms with Gasteiger partial charge < -0.3 is 24.2 Å². The number of nitrogens with one attached hydrogen (secondary N) is 1. The van der Waals surface area contributed by atoms with Gasteiger partial charge in [0, 0.05) is 48.7 Å². The zero-order valence-corrected chi connectivity index (χ0v) is 31.8. The lowest BCUT2D eigenvalue weighted by atomic mass is 9.70. The number of benzene rings is 2. The summed E-state index contributed by atoms with van der Waals surface area (Å²) >= 11 is 10.0. The lowest BCUT2D eigenvalue weighted by Crippen LogP contribution is -2.61. The number of carbonyl (C=O) groups excluding carboxylic acids is 1. The highest BCUT2D eigenvalue weighted by molar-refractivity contribution is 8.17. The van der Waals surface area contributed by atoms with Crippen molar-refractivity contribution in [1.29, 1.82) is 0 Å². The van der Waals surface area contributed by atoms with Crippen molar-refractivity contribution in [3.8, 4) is 5.75 Å². The second-order valence-corrected chi connectivity index (χ2v) is 19.6. The first-order chi connectivity index (χ1) is 24.0. The van der Waals surface area contributed by atoms with E-state index in [1.54, 1.807) is 41.7 Å². The van der Waals surface area contributed by atoms with Crippen molar-refractivity contribution in [3.63, 3.8) is 0 Å². The largest absolute Gasteiger partial charge is 0.490 e. The van der Waals surface area contributed by atoms with Gasteiger partial charge in [-0.2, -0.15) is 0 Å². The number of aryl methyl sites for hydroxylation is 1. The van der Waals surface area contributed by atoms with Crippen molar-refractivity contribution in [2.24, 2.45) is 11.8 Å². The number of methoxy groups -OCH3 is 1. The number of allylic oxidation sites excluding steroid dienone is 1. The molecule has 2 fully saturated rings. The summed E-state index contributed by atoms with van der Waals surface area (Å²) in [6.45, 7) is 4.05. The monoisotopic (exact) mass is 762 g/mol. The number of aliphatic hydroxyl groups is 1. The summed E-state index contributed by atoms with van der Waals surface area (Å²) in [5.41, 5.74) is 1.87. The third-order valence-corrected chi connectivity index (χ3v) is 16.6. The van der Waals surface area contributed by atoms with Crippen LogP contribution in [0, 0.1) is 11.8 Å². The van der Waals surface area contributed by atoms with Crippen LogP contribution in [0.25, 0.3) is 0 Å².